The molecule has 1 rings (SSSR count). The van der Waals surface area contributed by atoms with Crippen LogP contribution in [0.25, 0.3) is 10.4 Å². The van der Waals surface area contributed by atoms with Crippen molar-refractivity contribution in [2.45, 2.75) is 26.0 Å². The first kappa shape index (κ1) is 10.5. The lowest BCUT2D eigenvalue weighted by Crippen LogP contribution is -2.01. The minimum atomic E-state index is -0.864. The molecule has 0 unspecified atom stereocenters. The van der Waals surface area contributed by atoms with Gasteiger partial charge in [-0.05, 0) is 12.0 Å². The predicted octanol–water partition coefficient (Wildman–Crippen LogP) is 1.03. The molecule has 14 heavy (non-hydrogen) atoms. The molecule has 1 aromatic rings. The third kappa shape index (κ3) is 2.72. The van der Waals surface area contributed by atoms with Gasteiger partial charge in [0.2, 0.25) is 0 Å². The molecule has 1 N–H and O–H groups in total. The first-order valence-electron chi connectivity index (χ1n) is 4.37. The summed E-state index contributed by atoms with van der Waals surface area (Å²) in [6, 6.07) is 0. The number of aromatic nitrogens is 3. The van der Waals surface area contributed by atoms with Crippen molar-refractivity contribution in [3.8, 4) is 0 Å². The summed E-state index contributed by atoms with van der Waals surface area (Å²) in [5, 5.41) is 20.3. The molecule has 0 bridgehead atoms. The Morgan fingerprint density at radius 2 is 2.57 bits per heavy atom. The van der Waals surface area contributed by atoms with Crippen LogP contribution in [0.2, 0.25) is 0 Å². The number of aryl methyl sites for hydroxylation is 1. The monoisotopic (exact) mass is 196 g/mol. The van der Waals surface area contributed by atoms with E-state index < -0.39 is 6.10 Å². The topological polar surface area (TPSA) is 99.7 Å². The first-order chi connectivity index (χ1) is 6.77. The van der Waals surface area contributed by atoms with Gasteiger partial charge in [-0.2, -0.15) is 0 Å². The molecule has 0 saturated carbocycles. The van der Waals surface area contributed by atoms with Crippen LogP contribution in [0.5, 0.6) is 0 Å². The van der Waals surface area contributed by atoms with Gasteiger partial charge in [0.25, 0.3) is 0 Å². The van der Waals surface area contributed by atoms with E-state index in [0.29, 0.717) is 5.69 Å². The fourth-order valence-corrected chi connectivity index (χ4v) is 1.01. The molecule has 7 nitrogen and oxygen atoms in total. The number of rotatable bonds is 5. The van der Waals surface area contributed by atoms with E-state index in [2.05, 4.69) is 20.3 Å². The van der Waals surface area contributed by atoms with Gasteiger partial charge in [0.1, 0.15) is 11.8 Å². The summed E-state index contributed by atoms with van der Waals surface area (Å²) in [6.07, 6.45) is 1.74. The lowest BCUT2D eigenvalue weighted by Gasteiger charge is -2.00. The predicted molar refractivity (Wildman–Crippen MR) is 49.3 cm³/mol. The van der Waals surface area contributed by atoms with Crippen molar-refractivity contribution < 1.29 is 5.11 Å². The highest BCUT2D eigenvalue weighted by Crippen LogP contribution is 2.08. The lowest BCUT2D eigenvalue weighted by atomic mass is 10.3. The van der Waals surface area contributed by atoms with Crippen molar-refractivity contribution in [2.24, 2.45) is 5.11 Å². The summed E-state index contributed by atoms with van der Waals surface area (Å²) >= 11 is 0. The van der Waals surface area contributed by atoms with E-state index in [4.69, 9.17) is 5.53 Å². The Bertz CT molecular complexity index is 329. The van der Waals surface area contributed by atoms with Gasteiger partial charge < -0.3 is 5.11 Å². The van der Waals surface area contributed by atoms with Crippen LogP contribution in [-0.2, 0) is 6.54 Å². The number of hydrogen-bond donors (Lipinski definition) is 1. The molecule has 1 aromatic heterocycles. The smallest absolute Gasteiger partial charge is 0.111 e. The summed E-state index contributed by atoms with van der Waals surface area (Å²) in [4.78, 5) is 2.55. The van der Waals surface area contributed by atoms with E-state index in [1.54, 1.807) is 10.9 Å². The minimum absolute atomic E-state index is 0.0126. The molecular weight excluding hydrogens is 184 g/mol. The maximum absolute atomic E-state index is 9.45. The summed E-state index contributed by atoms with van der Waals surface area (Å²) in [5.74, 6) is 0. The van der Waals surface area contributed by atoms with Gasteiger partial charge in [0.15, 0.2) is 0 Å². The number of aliphatic hydroxyl groups excluding tert-OH is 1. The molecule has 0 amide bonds. The van der Waals surface area contributed by atoms with Crippen LogP contribution in [0.3, 0.4) is 0 Å². The molecule has 0 aliphatic carbocycles. The van der Waals surface area contributed by atoms with Crippen molar-refractivity contribution in [1.29, 1.82) is 0 Å². The maximum Gasteiger partial charge on any atom is 0.111 e. The Kier molecular flexibility index (Phi) is 3.90. The maximum atomic E-state index is 9.45. The van der Waals surface area contributed by atoms with Crippen LogP contribution >= 0.6 is 0 Å². The van der Waals surface area contributed by atoms with Gasteiger partial charge in [-0.25, -0.2) is 0 Å². The fourth-order valence-electron chi connectivity index (χ4n) is 1.01. The van der Waals surface area contributed by atoms with Crippen molar-refractivity contribution in [1.82, 2.24) is 15.0 Å². The molecule has 76 valence electrons. The minimum Gasteiger partial charge on any atom is -0.387 e. The van der Waals surface area contributed by atoms with Gasteiger partial charge in [0, 0.05) is 11.5 Å². The molecule has 0 radical (unpaired) electrons. The van der Waals surface area contributed by atoms with Crippen molar-refractivity contribution >= 4 is 0 Å². The van der Waals surface area contributed by atoms with E-state index in [0.717, 1.165) is 13.0 Å². The normalized spacial score (nSPS) is 12.1. The zero-order valence-corrected chi connectivity index (χ0v) is 7.91. The van der Waals surface area contributed by atoms with Crippen molar-refractivity contribution in [3.05, 3.63) is 22.3 Å². The van der Waals surface area contributed by atoms with E-state index in [1.165, 1.54) is 0 Å². The molecule has 0 fully saturated rings. The van der Waals surface area contributed by atoms with Gasteiger partial charge in [-0.3, -0.25) is 4.68 Å². The van der Waals surface area contributed by atoms with Crippen molar-refractivity contribution in [3.63, 3.8) is 0 Å². The Hall–Kier alpha value is -1.59. The molecule has 1 atom stereocenters. The fraction of sp³-hybridized carbons (Fsp3) is 0.714. The van der Waals surface area contributed by atoms with E-state index in [1.807, 2.05) is 6.92 Å². The zero-order chi connectivity index (χ0) is 10.4. The van der Waals surface area contributed by atoms with Crippen LogP contribution in [-0.4, -0.2) is 26.6 Å². The number of hydrogen-bond acceptors (Lipinski definition) is 4. The highest BCUT2D eigenvalue weighted by Gasteiger charge is 2.10. The van der Waals surface area contributed by atoms with Crippen LogP contribution in [0.4, 0.5) is 0 Å². The van der Waals surface area contributed by atoms with Crippen molar-refractivity contribution in [2.75, 3.05) is 6.54 Å². The summed E-state index contributed by atoms with van der Waals surface area (Å²) < 4.78 is 1.65. The quantitative estimate of drug-likeness (QED) is 0.432. The van der Waals surface area contributed by atoms with Crippen LogP contribution in [0.1, 0.15) is 25.1 Å². The summed E-state index contributed by atoms with van der Waals surface area (Å²) in [7, 11) is 0. The Morgan fingerprint density at radius 1 is 1.79 bits per heavy atom. The first-order valence-corrected chi connectivity index (χ1v) is 4.37. The van der Waals surface area contributed by atoms with Crippen LogP contribution in [0, 0.1) is 0 Å². The van der Waals surface area contributed by atoms with Crippen LogP contribution in [0.15, 0.2) is 11.3 Å². The van der Waals surface area contributed by atoms with Gasteiger partial charge >= 0.3 is 0 Å². The molecule has 7 heteroatoms. The highest BCUT2D eigenvalue weighted by molar-refractivity contribution is 4.97. The summed E-state index contributed by atoms with van der Waals surface area (Å²) in [5.41, 5.74) is 8.49. The second-order valence-corrected chi connectivity index (χ2v) is 2.84. The average molecular weight is 196 g/mol. The molecule has 0 aliphatic rings. The Morgan fingerprint density at radius 3 is 3.21 bits per heavy atom. The van der Waals surface area contributed by atoms with Gasteiger partial charge in [-0.15, -0.1) is 5.10 Å². The largest absolute Gasteiger partial charge is 0.387 e. The SMILES string of the molecule is CCCn1cc([C@@H](O)CN=[N+]=[N-])nn1. The molecule has 0 aromatic carbocycles. The second-order valence-electron chi connectivity index (χ2n) is 2.84. The van der Waals surface area contributed by atoms with Gasteiger partial charge in [0.05, 0.1) is 12.7 Å². The van der Waals surface area contributed by atoms with Gasteiger partial charge in [-0.1, -0.05) is 17.3 Å². The zero-order valence-electron chi connectivity index (χ0n) is 7.91. The number of nitrogens with zero attached hydrogens (tertiary/aromatic N) is 6. The average Bonchev–Trinajstić information content (AvgIpc) is 2.63. The van der Waals surface area contributed by atoms with E-state index in [9.17, 15) is 5.11 Å². The van der Waals surface area contributed by atoms with E-state index >= 15 is 0 Å². The highest BCUT2D eigenvalue weighted by atomic mass is 16.3. The summed E-state index contributed by atoms with van der Waals surface area (Å²) in [6.45, 7) is 2.78. The standard InChI is InChI=1S/C7H12N6O/c1-2-3-13-5-6(10-12-13)7(14)4-9-11-8/h5,7,14H,2-4H2,1H3/t7-/m0/s1. The third-order valence-electron chi connectivity index (χ3n) is 1.67. The Labute approximate surface area is 81.0 Å². The third-order valence-corrected chi connectivity index (χ3v) is 1.67. The second kappa shape index (κ2) is 5.21. The molecule has 0 aliphatic heterocycles. The van der Waals surface area contributed by atoms with E-state index in [-0.39, 0.29) is 6.54 Å². The molecule has 1 heterocycles. The lowest BCUT2D eigenvalue weighted by molar-refractivity contribution is 0.182. The molecular formula is C7H12N6O. The number of azide groups is 1. The van der Waals surface area contributed by atoms with Crippen LogP contribution < -0.4 is 0 Å². The Balaban J connectivity index is 2.60. The number of aliphatic hydroxyl groups is 1. The molecule has 0 spiro atoms. The molecule has 0 saturated heterocycles.